The Kier molecular flexibility index (Phi) is 6.15. The molecule has 0 radical (unpaired) electrons. The molecular weight excluding hydrogens is 176 g/mol. The van der Waals surface area contributed by atoms with Crippen LogP contribution in [0.2, 0.25) is 0 Å². The zero-order valence-electron chi connectivity index (χ0n) is 9.51. The van der Waals surface area contributed by atoms with E-state index in [4.69, 9.17) is 4.74 Å². The average Bonchev–Trinajstić information content (AvgIpc) is 2.20. The van der Waals surface area contributed by atoms with Crippen molar-refractivity contribution in [2.75, 3.05) is 33.4 Å². The SMILES string of the molecule is COCC(C)CNCC1CCCCN1. The Morgan fingerprint density at radius 3 is 3.00 bits per heavy atom. The first kappa shape index (κ1) is 12.0. The van der Waals surface area contributed by atoms with Gasteiger partial charge in [0.05, 0.1) is 0 Å². The van der Waals surface area contributed by atoms with Gasteiger partial charge < -0.3 is 15.4 Å². The minimum atomic E-state index is 0.614. The molecule has 0 aromatic carbocycles. The second kappa shape index (κ2) is 7.21. The van der Waals surface area contributed by atoms with Crippen LogP contribution in [0.25, 0.3) is 0 Å². The molecule has 0 spiro atoms. The van der Waals surface area contributed by atoms with Gasteiger partial charge in [0.15, 0.2) is 0 Å². The third-order valence-corrected chi connectivity index (χ3v) is 2.75. The molecule has 0 bridgehead atoms. The molecule has 3 heteroatoms. The fourth-order valence-corrected chi connectivity index (χ4v) is 1.95. The van der Waals surface area contributed by atoms with Crippen molar-refractivity contribution in [1.82, 2.24) is 10.6 Å². The number of piperidine rings is 1. The van der Waals surface area contributed by atoms with Crippen LogP contribution in [0.1, 0.15) is 26.2 Å². The molecule has 84 valence electrons. The number of methoxy groups -OCH3 is 1. The van der Waals surface area contributed by atoms with Gasteiger partial charge in [-0.1, -0.05) is 13.3 Å². The first-order valence-electron chi connectivity index (χ1n) is 5.76. The lowest BCUT2D eigenvalue weighted by atomic mass is 10.0. The Bertz CT molecular complexity index is 135. The van der Waals surface area contributed by atoms with E-state index in [9.17, 15) is 0 Å². The van der Waals surface area contributed by atoms with E-state index >= 15 is 0 Å². The molecule has 14 heavy (non-hydrogen) atoms. The summed E-state index contributed by atoms with van der Waals surface area (Å²) in [6.07, 6.45) is 4.05. The summed E-state index contributed by atoms with van der Waals surface area (Å²) in [5.41, 5.74) is 0. The Labute approximate surface area is 87.6 Å². The minimum absolute atomic E-state index is 0.614. The Hall–Kier alpha value is -0.120. The summed E-state index contributed by atoms with van der Waals surface area (Å²) in [5, 5.41) is 7.03. The minimum Gasteiger partial charge on any atom is -0.384 e. The highest BCUT2D eigenvalue weighted by Gasteiger charge is 2.11. The summed E-state index contributed by atoms with van der Waals surface area (Å²) in [5.74, 6) is 0.614. The molecular formula is C11H24N2O. The van der Waals surface area contributed by atoms with Crippen molar-refractivity contribution >= 4 is 0 Å². The summed E-state index contributed by atoms with van der Waals surface area (Å²) >= 11 is 0. The Morgan fingerprint density at radius 1 is 1.50 bits per heavy atom. The highest BCUT2D eigenvalue weighted by atomic mass is 16.5. The molecule has 1 fully saturated rings. The lowest BCUT2D eigenvalue weighted by Crippen LogP contribution is -2.42. The molecule has 0 amide bonds. The molecule has 1 saturated heterocycles. The van der Waals surface area contributed by atoms with Gasteiger partial charge in [-0.25, -0.2) is 0 Å². The summed E-state index contributed by atoms with van der Waals surface area (Å²) in [4.78, 5) is 0. The standard InChI is InChI=1S/C11H24N2O/c1-10(9-14-2)7-12-8-11-5-3-4-6-13-11/h10-13H,3-9H2,1-2H3. The van der Waals surface area contributed by atoms with Crippen LogP contribution in [-0.4, -0.2) is 39.4 Å². The summed E-state index contributed by atoms with van der Waals surface area (Å²) in [6.45, 7) is 6.43. The van der Waals surface area contributed by atoms with Gasteiger partial charge in [0.2, 0.25) is 0 Å². The molecule has 0 aromatic rings. The highest BCUT2D eigenvalue weighted by molar-refractivity contribution is 4.74. The predicted molar refractivity (Wildman–Crippen MR) is 59.6 cm³/mol. The van der Waals surface area contributed by atoms with Crippen molar-refractivity contribution in [1.29, 1.82) is 0 Å². The first-order valence-corrected chi connectivity index (χ1v) is 5.76. The molecule has 0 saturated carbocycles. The fraction of sp³-hybridized carbons (Fsp3) is 1.00. The van der Waals surface area contributed by atoms with Gasteiger partial charge in [0, 0.05) is 26.3 Å². The van der Waals surface area contributed by atoms with Crippen LogP contribution in [0.4, 0.5) is 0 Å². The van der Waals surface area contributed by atoms with Crippen molar-refractivity contribution in [3.8, 4) is 0 Å². The van der Waals surface area contributed by atoms with Gasteiger partial charge in [0.1, 0.15) is 0 Å². The third kappa shape index (κ3) is 4.94. The summed E-state index contributed by atoms with van der Waals surface area (Å²) in [7, 11) is 1.76. The van der Waals surface area contributed by atoms with Gasteiger partial charge in [-0.15, -0.1) is 0 Å². The van der Waals surface area contributed by atoms with Crippen LogP contribution >= 0.6 is 0 Å². The molecule has 1 aliphatic heterocycles. The monoisotopic (exact) mass is 200 g/mol. The number of hydrogen-bond donors (Lipinski definition) is 2. The van der Waals surface area contributed by atoms with Crippen LogP contribution in [0, 0.1) is 5.92 Å². The third-order valence-electron chi connectivity index (χ3n) is 2.75. The zero-order chi connectivity index (χ0) is 10.2. The second-order valence-corrected chi connectivity index (χ2v) is 4.37. The van der Waals surface area contributed by atoms with Crippen molar-refractivity contribution in [2.24, 2.45) is 5.92 Å². The maximum atomic E-state index is 5.09. The normalized spacial score (nSPS) is 24.9. The van der Waals surface area contributed by atoms with Crippen molar-refractivity contribution in [3.05, 3.63) is 0 Å². The predicted octanol–water partition coefficient (Wildman–Crippen LogP) is 1.00. The quantitative estimate of drug-likeness (QED) is 0.671. The second-order valence-electron chi connectivity index (χ2n) is 4.37. The largest absolute Gasteiger partial charge is 0.384 e. The van der Waals surface area contributed by atoms with Gasteiger partial charge >= 0.3 is 0 Å². The number of ether oxygens (including phenoxy) is 1. The number of rotatable bonds is 6. The maximum Gasteiger partial charge on any atom is 0.0499 e. The van der Waals surface area contributed by atoms with Crippen LogP contribution in [0.15, 0.2) is 0 Å². The topological polar surface area (TPSA) is 33.3 Å². The Balaban J connectivity index is 1.96. The molecule has 0 aromatic heterocycles. The fourth-order valence-electron chi connectivity index (χ4n) is 1.95. The number of hydrogen-bond acceptors (Lipinski definition) is 3. The van der Waals surface area contributed by atoms with E-state index in [-0.39, 0.29) is 0 Å². The molecule has 1 aliphatic rings. The van der Waals surface area contributed by atoms with E-state index in [0.717, 1.165) is 19.7 Å². The molecule has 0 aliphatic carbocycles. The van der Waals surface area contributed by atoms with Crippen molar-refractivity contribution in [3.63, 3.8) is 0 Å². The lowest BCUT2D eigenvalue weighted by Gasteiger charge is -2.24. The smallest absolute Gasteiger partial charge is 0.0499 e. The van der Waals surface area contributed by atoms with E-state index in [0.29, 0.717) is 12.0 Å². The van der Waals surface area contributed by atoms with E-state index in [2.05, 4.69) is 17.6 Å². The van der Waals surface area contributed by atoms with Gasteiger partial charge in [-0.05, 0) is 31.8 Å². The van der Waals surface area contributed by atoms with Gasteiger partial charge in [-0.3, -0.25) is 0 Å². The highest BCUT2D eigenvalue weighted by Crippen LogP contribution is 2.05. The van der Waals surface area contributed by atoms with Crippen LogP contribution in [-0.2, 0) is 4.74 Å². The van der Waals surface area contributed by atoms with Crippen LogP contribution < -0.4 is 10.6 Å². The molecule has 2 unspecified atom stereocenters. The molecule has 3 nitrogen and oxygen atoms in total. The summed E-state index contributed by atoms with van der Waals surface area (Å²) < 4.78 is 5.09. The molecule has 2 N–H and O–H groups in total. The van der Waals surface area contributed by atoms with E-state index < -0.39 is 0 Å². The molecule has 2 atom stereocenters. The van der Waals surface area contributed by atoms with E-state index in [1.54, 1.807) is 7.11 Å². The number of nitrogens with one attached hydrogen (secondary N) is 2. The Morgan fingerprint density at radius 2 is 2.36 bits per heavy atom. The molecule has 1 rings (SSSR count). The van der Waals surface area contributed by atoms with Crippen LogP contribution in [0.3, 0.4) is 0 Å². The van der Waals surface area contributed by atoms with E-state index in [1.807, 2.05) is 0 Å². The first-order chi connectivity index (χ1) is 6.83. The zero-order valence-corrected chi connectivity index (χ0v) is 9.51. The summed E-state index contributed by atoms with van der Waals surface area (Å²) in [6, 6.07) is 0.693. The average molecular weight is 200 g/mol. The van der Waals surface area contributed by atoms with E-state index in [1.165, 1.54) is 25.8 Å². The van der Waals surface area contributed by atoms with Crippen LogP contribution in [0.5, 0.6) is 0 Å². The van der Waals surface area contributed by atoms with Crippen molar-refractivity contribution in [2.45, 2.75) is 32.2 Å². The molecule has 1 heterocycles. The maximum absolute atomic E-state index is 5.09. The van der Waals surface area contributed by atoms with Gasteiger partial charge in [0.25, 0.3) is 0 Å². The van der Waals surface area contributed by atoms with Crippen molar-refractivity contribution < 1.29 is 4.74 Å². The lowest BCUT2D eigenvalue weighted by molar-refractivity contribution is 0.158. The van der Waals surface area contributed by atoms with Gasteiger partial charge in [-0.2, -0.15) is 0 Å².